The van der Waals surface area contributed by atoms with E-state index in [1.54, 1.807) is 0 Å². The van der Waals surface area contributed by atoms with Gasteiger partial charge in [-0.05, 0) is 24.8 Å². The fraction of sp³-hybridized carbons (Fsp3) is 0.583. The van der Waals surface area contributed by atoms with Crippen LogP contribution in [-0.2, 0) is 0 Å². The van der Waals surface area contributed by atoms with Crippen molar-refractivity contribution in [3.05, 3.63) is 54.8 Å². The van der Waals surface area contributed by atoms with Crippen molar-refractivity contribution in [2.45, 2.75) is 74.1 Å². The Morgan fingerprint density at radius 3 is 1.88 bits per heavy atom. The first-order chi connectivity index (χ1) is 12.0. The normalized spacial score (nSPS) is 9.76. The van der Waals surface area contributed by atoms with Gasteiger partial charge in [0.15, 0.2) is 0 Å². The average molecular weight is 348 g/mol. The molecule has 0 bridgehead atoms. The van der Waals surface area contributed by atoms with Gasteiger partial charge in [0.1, 0.15) is 0 Å². The van der Waals surface area contributed by atoms with Gasteiger partial charge in [0.2, 0.25) is 0 Å². The molecule has 1 aromatic rings. The molecule has 1 atom stereocenters. The molecule has 0 amide bonds. The molecule has 1 unspecified atom stereocenters. The van der Waals surface area contributed by atoms with Crippen LogP contribution in [0.5, 0.6) is 0 Å². The first-order valence-electron chi connectivity index (χ1n) is 10.0. The number of allylic oxidation sites excluding steroid dienone is 1. The molecule has 0 aliphatic heterocycles. The first kappa shape index (κ1) is 28.3. The minimum atomic E-state index is 0.788. The molecule has 0 fully saturated rings. The highest BCUT2D eigenvalue weighted by Crippen LogP contribution is 2.16. The molecule has 0 radical (unpaired) electrons. The molecule has 0 saturated heterocycles. The minimum absolute atomic E-state index is 0.788. The van der Waals surface area contributed by atoms with Gasteiger partial charge in [-0.25, -0.2) is 0 Å². The maximum absolute atomic E-state index is 4.07. The Labute approximate surface area is 159 Å². The Kier molecular flexibility index (Phi) is 25.5. The van der Waals surface area contributed by atoms with Gasteiger partial charge in [-0.2, -0.15) is 0 Å². The lowest BCUT2D eigenvalue weighted by molar-refractivity contribution is 0.387. The van der Waals surface area contributed by atoms with Gasteiger partial charge >= 0.3 is 0 Å². The van der Waals surface area contributed by atoms with E-state index >= 15 is 0 Å². The molecule has 0 spiro atoms. The fourth-order valence-electron chi connectivity index (χ4n) is 1.97. The number of benzene rings is 1. The summed E-state index contributed by atoms with van der Waals surface area (Å²) >= 11 is 0. The van der Waals surface area contributed by atoms with Crippen LogP contribution >= 0.6 is 0 Å². The molecule has 0 aliphatic rings. The summed E-state index contributed by atoms with van der Waals surface area (Å²) in [5, 5.41) is 0. The van der Waals surface area contributed by atoms with E-state index in [0.29, 0.717) is 0 Å². The van der Waals surface area contributed by atoms with Gasteiger partial charge in [-0.1, -0.05) is 110 Å². The standard InChI is InChI=1S/C11H23N.C8H8.C3H8.C2H6/c1-6-8-10(3)9-11(4)12(5)7-2;1-2-8-6-4-3-5-7-8;1-3-2;1-2/h10H,4,6-9H2,1-3,5H3;2-7H,1H2;3H2,1-2H3;1-2H3. The number of rotatable bonds is 7. The molecule has 146 valence electrons. The number of nitrogens with zero attached hydrogens (tertiary/aromatic N) is 1. The van der Waals surface area contributed by atoms with Gasteiger partial charge in [-0.3, -0.25) is 0 Å². The predicted octanol–water partition coefficient (Wildman–Crippen LogP) is 8.05. The zero-order chi connectivity index (χ0) is 20.1. The maximum Gasteiger partial charge on any atom is 0.0143 e. The number of hydrogen-bond acceptors (Lipinski definition) is 1. The molecule has 0 N–H and O–H groups in total. The molecule has 1 aromatic carbocycles. The van der Waals surface area contributed by atoms with Crippen LogP contribution in [0.4, 0.5) is 0 Å². The smallest absolute Gasteiger partial charge is 0.0143 e. The Hall–Kier alpha value is -1.50. The highest BCUT2D eigenvalue weighted by Gasteiger charge is 2.05. The van der Waals surface area contributed by atoms with Crippen LogP contribution < -0.4 is 0 Å². The molecular weight excluding hydrogens is 302 g/mol. The van der Waals surface area contributed by atoms with Crippen molar-refractivity contribution in [1.29, 1.82) is 0 Å². The minimum Gasteiger partial charge on any atom is -0.379 e. The Morgan fingerprint density at radius 2 is 1.56 bits per heavy atom. The topological polar surface area (TPSA) is 3.24 Å². The summed E-state index contributed by atoms with van der Waals surface area (Å²) in [6, 6.07) is 10.0. The highest BCUT2D eigenvalue weighted by molar-refractivity contribution is 5.45. The summed E-state index contributed by atoms with van der Waals surface area (Å²) in [5.41, 5.74) is 2.45. The Balaban J connectivity index is -0.000000319. The molecule has 0 saturated carbocycles. The molecule has 25 heavy (non-hydrogen) atoms. The third-order valence-electron chi connectivity index (χ3n) is 3.42. The Bertz CT molecular complexity index is 380. The van der Waals surface area contributed by atoms with Crippen LogP contribution in [0.2, 0.25) is 0 Å². The second-order valence-corrected chi connectivity index (χ2v) is 6.00. The lowest BCUT2D eigenvalue weighted by Crippen LogP contribution is -2.17. The van der Waals surface area contributed by atoms with Crippen molar-refractivity contribution < 1.29 is 0 Å². The quantitative estimate of drug-likeness (QED) is 0.482. The molecule has 1 nitrogen and oxygen atoms in total. The lowest BCUT2D eigenvalue weighted by atomic mass is 10.0. The first-order valence-corrected chi connectivity index (χ1v) is 10.0. The molecule has 1 heteroatoms. The third kappa shape index (κ3) is 20.5. The van der Waals surface area contributed by atoms with E-state index < -0.39 is 0 Å². The van der Waals surface area contributed by atoms with Crippen LogP contribution in [0.3, 0.4) is 0 Å². The van der Waals surface area contributed by atoms with Crippen LogP contribution in [0.1, 0.15) is 79.7 Å². The van der Waals surface area contributed by atoms with Crippen LogP contribution in [-0.4, -0.2) is 18.5 Å². The second kappa shape index (κ2) is 22.5. The Morgan fingerprint density at radius 1 is 1.08 bits per heavy atom. The molecular formula is C24H45N. The van der Waals surface area contributed by atoms with Crippen molar-refractivity contribution in [2.24, 2.45) is 5.92 Å². The van der Waals surface area contributed by atoms with E-state index in [-0.39, 0.29) is 0 Å². The highest BCUT2D eigenvalue weighted by atomic mass is 15.1. The zero-order valence-electron chi connectivity index (χ0n) is 18.4. The van der Waals surface area contributed by atoms with Crippen molar-refractivity contribution in [1.82, 2.24) is 4.90 Å². The fourth-order valence-corrected chi connectivity index (χ4v) is 1.97. The SMILES string of the molecule is C=C(CC(C)CCC)N(C)CC.C=Cc1ccccc1.CC.CCC. The van der Waals surface area contributed by atoms with E-state index in [1.165, 1.54) is 30.5 Å². The average Bonchev–Trinajstić information content (AvgIpc) is 2.64. The molecule has 0 aliphatic carbocycles. The summed E-state index contributed by atoms with van der Waals surface area (Å²) in [6.45, 7) is 23.7. The van der Waals surface area contributed by atoms with Crippen molar-refractivity contribution >= 4 is 6.08 Å². The maximum atomic E-state index is 4.07. The van der Waals surface area contributed by atoms with Gasteiger partial charge < -0.3 is 4.90 Å². The van der Waals surface area contributed by atoms with E-state index in [0.717, 1.165) is 18.9 Å². The van der Waals surface area contributed by atoms with E-state index in [4.69, 9.17) is 0 Å². The van der Waals surface area contributed by atoms with E-state index in [9.17, 15) is 0 Å². The third-order valence-corrected chi connectivity index (χ3v) is 3.42. The van der Waals surface area contributed by atoms with Gasteiger partial charge in [-0.15, -0.1) is 0 Å². The van der Waals surface area contributed by atoms with E-state index in [1.807, 2.05) is 50.3 Å². The summed E-state index contributed by atoms with van der Waals surface area (Å²) in [4.78, 5) is 2.23. The van der Waals surface area contributed by atoms with Crippen LogP contribution in [0.15, 0.2) is 49.2 Å². The summed E-state index contributed by atoms with van der Waals surface area (Å²) in [7, 11) is 2.11. The predicted molar refractivity (Wildman–Crippen MR) is 120 cm³/mol. The molecule has 0 heterocycles. The zero-order valence-corrected chi connectivity index (χ0v) is 18.4. The monoisotopic (exact) mass is 347 g/mol. The largest absolute Gasteiger partial charge is 0.379 e. The van der Waals surface area contributed by atoms with Gasteiger partial charge in [0.05, 0.1) is 0 Å². The summed E-state index contributed by atoms with van der Waals surface area (Å²) < 4.78 is 0. The van der Waals surface area contributed by atoms with E-state index in [2.05, 4.69) is 59.7 Å². The molecule has 0 aromatic heterocycles. The van der Waals surface area contributed by atoms with Crippen LogP contribution in [0, 0.1) is 5.92 Å². The molecule has 1 rings (SSSR count). The summed E-state index contributed by atoms with van der Waals surface area (Å²) in [5.74, 6) is 0.788. The van der Waals surface area contributed by atoms with Crippen molar-refractivity contribution in [3.63, 3.8) is 0 Å². The summed E-state index contributed by atoms with van der Waals surface area (Å²) in [6.07, 6.45) is 6.83. The number of hydrogen-bond donors (Lipinski definition) is 0. The lowest BCUT2D eigenvalue weighted by Gasteiger charge is -2.22. The van der Waals surface area contributed by atoms with Crippen molar-refractivity contribution in [2.75, 3.05) is 13.6 Å². The second-order valence-electron chi connectivity index (χ2n) is 6.00. The van der Waals surface area contributed by atoms with Crippen LogP contribution in [0.25, 0.3) is 6.08 Å². The van der Waals surface area contributed by atoms with Gasteiger partial charge in [0, 0.05) is 19.3 Å². The van der Waals surface area contributed by atoms with Crippen molar-refractivity contribution in [3.8, 4) is 0 Å². The van der Waals surface area contributed by atoms with Gasteiger partial charge in [0.25, 0.3) is 0 Å².